The van der Waals surface area contributed by atoms with Crippen molar-refractivity contribution >= 4 is 35.0 Å². The van der Waals surface area contributed by atoms with Gasteiger partial charge < -0.3 is 18.9 Å². The van der Waals surface area contributed by atoms with Gasteiger partial charge in [-0.25, -0.2) is 4.79 Å². The minimum absolute atomic E-state index is 0.197. The van der Waals surface area contributed by atoms with Crippen LogP contribution in [0, 0.1) is 0 Å². The molecule has 1 saturated heterocycles. The molecule has 0 bridgehead atoms. The SMILES string of the molecule is CCOc1ccc(COc2ccc(C=N/N=C3/NC(=O)/C(=C\C(=O)OC)S3)cc2)cc1OCC. The summed E-state index contributed by atoms with van der Waals surface area (Å²) in [5.74, 6) is 1.08. The fourth-order valence-corrected chi connectivity index (χ4v) is 3.53. The normalized spacial score (nSPS) is 15.6. The molecule has 0 radical (unpaired) electrons. The van der Waals surface area contributed by atoms with Gasteiger partial charge in [0.05, 0.1) is 31.4 Å². The standard InChI is InChI=1S/C24H25N3O6S/c1-4-31-19-11-8-17(12-20(19)32-5-2)15-33-18-9-6-16(7-10-18)14-25-27-24-26-23(29)21(34-24)13-22(28)30-3/h6-14H,4-5,15H2,1-3H3,(H,26,27,29)/b21-13+,25-14?. The monoisotopic (exact) mass is 483 g/mol. The van der Waals surface area contributed by atoms with Crippen LogP contribution in [0.5, 0.6) is 17.2 Å². The molecule has 0 aliphatic carbocycles. The Kier molecular flexibility index (Phi) is 9.10. The zero-order chi connectivity index (χ0) is 24.3. The van der Waals surface area contributed by atoms with Crippen molar-refractivity contribution in [1.82, 2.24) is 5.32 Å². The zero-order valence-corrected chi connectivity index (χ0v) is 19.9. The number of amidine groups is 1. The number of methoxy groups -OCH3 is 1. The number of benzene rings is 2. The quantitative estimate of drug-likeness (QED) is 0.238. The lowest BCUT2D eigenvalue weighted by Gasteiger charge is -2.13. The Balaban J connectivity index is 1.55. The number of carbonyl (C=O) groups is 2. The molecule has 34 heavy (non-hydrogen) atoms. The number of thioether (sulfide) groups is 1. The third-order valence-electron chi connectivity index (χ3n) is 4.35. The van der Waals surface area contributed by atoms with Crippen LogP contribution in [0.25, 0.3) is 0 Å². The molecule has 1 heterocycles. The number of carbonyl (C=O) groups excluding carboxylic acids is 2. The Hall–Kier alpha value is -3.79. The third kappa shape index (κ3) is 7.11. The number of amides is 1. The van der Waals surface area contributed by atoms with Crippen LogP contribution in [-0.2, 0) is 20.9 Å². The van der Waals surface area contributed by atoms with Gasteiger partial charge in [0.2, 0.25) is 0 Å². The fraction of sp³-hybridized carbons (Fsp3) is 0.250. The summed E-state index contributed by atoms with van der Waals surface area (Å²) >= 11 is 1.01. The molecule has 178 valence electrons. The van der Waals surface area contributed by atoms with E-state index in [4.69, 9.17) is 14.2 Å². The van der Waals surface area contributed by atoms with Crippen LogP contribution in [0.4, 0.5) is 0 Å². The highest BCUT2D eigenvalue weighted by Crippen LogP contribution is 2.29. The van der Waals surface area contributed by atoms with E-state index < -0.39 is 11.9 Å². The predicted octanol–water partition coefficient (Wildman–Crippen LogP) is 3.67. The van der Waals surface area contributed by atoms with Gasteiger partial charge >= 0.3 is 5.97 Å². The van der Waals surface area contributed by atoms with Gasteiger partial charge in [-0.15, -0.1) is 5.10 Å². The summed E-state index contributed by atoms with van der Waals surface area (Å²) < 4.78 is 21.6. The predicted molar refractivity (Wildman–Crippen MR) is 130 cm³/mol. The molecule has 1 fully saturated rings. The molecule has 1 aliphatic rings. The Morgan fingerprint density at radius 1 is 1.03 bits per heavy atom. The second kappa shape index (κ2) is 12.4. The first-order valence-electron chi connectivity index (χ1n) is 10.5. The van der Waals surface area contributed by atoms with Crippen molar-refractivity contribution in [3.8, 4) is 17.2 Å². The van der Waals surface area contributed by atoms with Gasteiger partial charge in [-0.2, -0.15) is 5.10 Å². The van der Waals surface area contributed by atoms with E-state index in [1.165, 1.54) is 7.11 Å². The molecule has 3 rings (SSSR count). The van der Waals surface area contributed by atoms with E-state index in [1.54, 1.807) is 6.21 Å². The van der Waals surface area contributed by atoms with Crippen molar-refractivity contribution in [3.05, 3.63) is 64.6 Å². The van der Waals surface area contributed by atoms with Crippen LogP contribution in [-0.4, -0.2) is 43.6 Å². The fourth-order valence-electron chi connectivity index (χ4n) is 2.79. The van der Waals surface area contributed by atoms with Gasteiger partial charge in [0.1, 0.15) is 12.4 Å². The van der Waals surface area contributed by atoms with Crippen molar-refractivity contribution in [2.45, 2.75) is 20.5 Å². The molecule has 2 aromatic rings. The van der Waals surface area contributed by atoms with Crippen LogP contribution in [0.15, 0.2) is 63.6 Å². The molecule has 10 heteroatoms. The average Bonchev–Trinajstić information content (AvgIpc) is 3.18. The van der Waals surface area contributed by atoms with Crippen molar-refractivity contribution in [2.24, 2.45) is 10.2 Å². The maximum Gasteiger partial charge on any atom is 0.331 e. The number of esters is 1. The summed E-state index contributed by atoms with van der Waals surface area (Å²) in [4.78, 5) is 23.3. The van der Waals surface area contributed by atoms with E-state index in [0.29, 0.717) is 37.1 Å². The van der Waals surface area contributed by atoms with E-state index in [-0.39, 0.29) is 10.1 Å². The van der Waals surface area contributed by atoms with Crippen molar-refractivity contribution < 1.29 is 28.5 Å². The number of rotatable bonds is 10. The van der Waals surface area contributed by atoms with Crippen LogP contribution < -0.4 is 19.5 Å². The molecule has 0 unspecified atom stereocenters. The third-order valence-corrected chi connectivity index (χ3v) is 5.25. The van der Waals surface area contributed by atoms with Gasteiger partial charge in [-0.05, 0) is 73.1 Å². The Labute approximate surface area is 201 Å². The first-order chi connectivity index (χ1) is 16.5. The first kappa shape index (κ1) is 24.8. The van der Waals surface area contributed by atoms with Crippen LogP contribution in [0.2, 0.25) is 0 Å². The summed E-state index contributed by atoms with van der Waals surface area (Å²) in [6, 6.07) is 13.1. The Morgan fingerprint density at radius 2 is 1.76 bits per heavy atom. The molecule has 2 aromatic carbocycles. The molecule has 9 nitrogen and oxygen atoms in total. The average molecular weight is 484 g/mol. The van der Waals surface area contributed by atoms with Crippen LogP contribution in [0.1, 0.15) is 25.0 Å². The minimum atomic E-state index is -0.609. The molecule has 0 saturated carbocycles. The second-order valence-corrected chi connectivity index (χ2v) is 7.77. The van der Waals surface area contributed by atoms with Gasteiger partial charge in [0.25, 0.3) is 5.91 Å². The molecular weight excluding hydrogens is 458 g/mol. The summed E-state index contributed by atoms with van der Waals surface area (Å²) in [6.07, 6.45) is 2.66. The van der Waals surface area contributed by atoms with E-state index in [2.05, 4.69) is 20.3 Å². The van der Waals surface area contributed by atoms with Gasteiger partial charge in [-0.3, -0.25) is 10.1 Å². The van der Waals surface area contributed by atoms with E-state index in [1.807, 2.05) is 56.3 Å². The minimum Gasteiger partial charge on any atom is -0.490 e. The number of hydrogen-bond acceptors (Lipinski definition) is 9. The van der Waals surface area contributed by atoms with E-state index in [9.17, 15) is 9.59 Å². The largest absolute Gasteiger partial charge is 0.490 e. The topological polar surface area (TPSA) is 108 Å². The lowest BCUT2D eigenvalue weighted by molar-refractivity contribution is -0.135. The highest BCUT2D eigenvalue weighted by Gasteiger charge is 2.25. The summed E-state index contributed by atoms with van der Waals surface area (Å²) in [5.41, 5.74) is 1.76. The number of hydrogen-bond donors (Lipinski definition) is 1. The van der Waals surface area contributed by atoms with Gasteiger partial charge in [0, 0.05) is 6.08 Å². The number of ether oxygens (including phenoxy) is 4. The van der Waals surface area contributed by atoms with Crippen LogP contribution >= 0.6 is 11.8 Å². The molecule has 0 aromatic heterocycles. The maximum absolute atomic E-state index is 11.8. The van der Waals surface area contributed by atoms with Crippen molar-refractivity contribution in [3.63, 3.8) is 0 Å². The molecular formula is C24H25N3O6S. The van der Waals surface area contributed by atoms with E-state index in [0.717, 1.165) is 29.0 Å². The second-order valence-electron chi connectivity index (χ2n) is 6.74. The van der Waals surface area contributed by atoms with Gasteiger partial charge in [0.15, 0.2) is 16.7 Å². The number of nitrogens with zero attached hydrogens (tertiary/aromatic N) is 2. The smallest absolute Gasteiger partial charge is 0.331 e. The highest BCUT2D eigenvalue weighted by atomic mass is 32.2. The zero-order valence-electron chi connectivity index (χ0n) is 19.1. The molecule has 1 aliphatic heterocycles. The summed E-state index contributed by atoms with van der Waals surface area (Å²) in [7, 11) is 1.24. The van der Waals surface area contributed by atoms with Crippen molar-refractivity contribution in [1.29, 1.82) is 0 Å². The number of nitrogens with one attached hydrogen (secondary N) is 1. The lowest BCUT2D eigenvalue weighted by atomic mass is 10.2. The van der Waals surface area contributed by atoms with Gasteiger partial charge in [-0.1, -0.05) is 6.07 Å². The summed E-state index contributed by atoms with van der Waals surface area (Å²) in [5, 5.41) is 10.8. The summed E-state index contributed by atoms with van der Waals surface area (Å²) in [6.45, 7) is 5.36. The highest BCUT2D eigenvalue weighted by molar-refractivity contribution is 8.18. The first-order valence-corrected chi connectivity index (χ1v) is 11.3. The van der Waals surface area contributed by atoms with E-state index >= 15 is 0 Å². The van der Waals surface area contributed by atoms with Crippen molar-refractivity contribution in [2.75, 3.05) is 20.3 Å². The van der Waals surface area contributed by atoms with Crippen LogP contribution in [0.3, 0.4) is 0 Å². The Morgan fingerprint density at radius 3 is 2.47 bits per heavy atom. The Bertz CT molecular complexity index is 1110. The maximum atomic E-state index is 11.8. The molecule has 1 N–H and O–H groups in total. The molecule has 1 amide bonds. The molecule has 0 atom stereocenters. The molecule has 0 spiro atoms. The lowest BCUT2D eigenvalue weighted by Crippen LogP contribution is -2.19.